The Hall–Kier alpha value is -0.780. The van der Waals surface area contributed by atoms with Crippen LogP contribution in [-0.4, -0.2) is 31.8 Å². The fourth-order valence-corrected chi connectivity index (χ4v) is 1.25. The van der Waals surface area contributed by atoms with Gasteiger partial charge in [-0.25, -0.2) is 0 Å². The first-order chi connectivity index (χ1) is 6.90. The van der Waals surface area contributed by atoms with Gasteiger partial charge in [0, 0.05) is 12.5 Å². The molecular weight excluding hydrogens is 211 g/mol. The monoisotopic (exact) mass is 225 g/mol. The third-order valence-corrected chi connectivity index (χ3v) is 2.26. The van der Waals surface area contributed by atoms with Crippen molar-refractivity contribution < 1.29 is 22.7 Å². The fourth-order valence-electron chi connectivity index (χ4n) is 1.25. The maximum atomic E-state index is 11.6. The summed E-state index contributed by atoms with van der Waals surface area (Å²) < 4.78 is 39.2. The molecule has 3 nitrogen and oxygen atoms in total. The van der Waals surface area contributed by atoms with Crippen LogP contribution in [0.25, 0.3) is 0 Å². The average Bonchev–Trinajstić information content (AvgIpc) is 2.80. The molecule has 88 valence electrons. The van der Waals surface area contributed by atoms with E-state index in [0.29, 0.717) is 5.92 Å². The SMILES string of the molecule is CC1CC1C(=O)NCCOCC(F)(F)F. The van der Waals surface area contributed by atoms with Crippen molar-refractivity contribution >= 4 is 5.91 Å². The second kappa shape index (κ2) is 4.83. The van der Waals surface area contributed by atoms with Crippen molar-refractivity contribution in [2.75, 3.05) is 19.8 Å². The predicted molar refractivity (Wildman–Crippen MR) is 47.2 cm³/mol. The van der Waals surface area contributed by atoms with Crippen LogP contribution in [0.5, 0.6) is 0 Å². The van der Waals surface area contributed by atoms with Crippen LogP contribution < -0.4 is 5.32 Å². The Balaban J connectivity index is 1.95. The molecule has 1 aliphatic carbocycles. The lowest BCUT2D eigenvalue weighted by molar-refractivity contribution is -0.173. The predicted octanol–water partition coefficient (Wildman–Crippen LogP) is 1.34. The Bertz CT molecular complexity index is 230. The van der Waals surface area contributed by atoms with Crippen molar-refractivity contribution in [3.8, 4) is 0 Å². The van der Waals surface area contributed by atoms with Gasteiger partial charge in [-0.15, -0.1) is 0 Å². The first-order valence-corrected chi connectivity index (χ1v) is 4.82. The summed E-state index contributed by atoms with van der Waals surface area (Å²) in [5.74, 6) is 0.367. The molecule has 0 bridgehead atoms. The molecule has 0 spiro atoms. The zero-order valence-corrected chi connectivity index (χ0v) is 8.43. The van der Waals surface area contributed by atoms with E-state index >= 15 is 0 Å². The van der Waals surface area contributed by atoms with Gasteiger partial charge in [-0.2, -0.15) is 13.2 Å². The second-order valence-corrected chi connectivity index (χ2v) is 3.78. The number of hydrogen-bond donors (Lipinski definition) is 1. The van der Waals surface area contributed by atoms with E-state index in [1.807, 2.05) is 6.92 Å². The fraction of sp³-hybridized carbons (Fsp3) is 0.889. The quantitative estimate of drug-likeness (QED) is 0.717. The number of carbonyl (C=O) groups is 1. The van der Waals surface area contributed by atoms with Crippen LogP contribution in [0.1, 0.15) is 13.3 Å². The van der Waals surface area contributed by atoms with Crippen LogP contribution in [0.4, 0.5) is 13.2 Å². The van der Waals surface area contributed by atoms with Gasteiger partial charge < -0.3 is 10.1 Å². The maximum Gasteiger partial charge on any atom is 0.411 e. The molecule has 0 saturated heterocycles. The lowest BCUT2D eigenvalue weighted by Gasteiger charge is -2.08. The van der Waals surface area contributed by atoms with Crippen molar-refractivity contribution in [3.05, 3.63) is 0 Å². The van der Waals surface area contributed by atoms with Crippen molar-refractivity contribution in [3.63, 3.8) is 0 Å². The van der Waals surface area contributed by atoms with Crippen LogP contribution in [0, 0.1) is 11.8 Å². The topological polar surface area (TPSA) is 38.3 Å². The molecule has 0 heterocycles. The molecule has 1 fully saturated rings. The van der Waals surface area contributed by atoms with Crippen molar-refractivity contribution in [2.24, 2.45) is 11.8 Å². The minimum absolute atomic E-state index is 0.0487. The lowest BCUT2D eigenvalue weighted by Crippen LogP contribution is -2.30. The molecule has 1 rings (SSSR count). The average molecular weight is 225 g/mol. The molecule has 0 aromatic heterocycles. The molecule has 0 aromatic rings. The van der Waals surface area contributed by atoms with Crippen LogP contribution in [0.15, 0.2) is 0 Å². The summed E-state index contributed by atoms with van der Waals surface area (Å²) in [6, 6.07) is 0. The molecule has 0 radical (unpaired) electrons. The number of hydrogen-bond acceptors (Lipinski definition) is 2. The molecular formula is C9H14F3NO2. The molecule has 1 amide bonds. The minimum atomic E-state index is -4.30. The molecule has 1 aliphatic rings. The van der Waals surface area contributed by atoms with Crippen molar-refractivity contribution in [1.29, 1.82) is 0 Å². The largest absolute Gasteiger partial charge is 0.411 e. The Morgan fingerprint density at radius 3 is 2.60 bits per heavy atom. The van der Waals surface area contributed by atoms with Gasteiger partial charge in [0.05, 0.1) is 6.61 Å². The highest BCUT2D eigenvalue weighted by Gasteiger charge is 2.38. The number of halogens is 3. The molecule has 2 unspecified atom stereocenters. The molecule has 6 heteroatoms. The van der Waals surface area contributed by atoms with E-state index in [1.54, 1.807) is 0 Å². The van der Waals surface area contributed by atoms with Crippen LogP contribution in [-0.2, 0) is 9.53 Å². The normalized spacial score (nSPS) is 25.1. The van der Waals surface area contributed by atoms with Gasteiger partial charge in [0.1, 0.15) is 6.61 Å². The summed E-state index contributed by atoms with van der Waals surface area (Å²) >= 11 is 0. The zero-order chi connectivity index (χ0) is 11.5. The third-order valence-electron chi connectivity index (χ3n) is 2.26. The van der Waals surface area contributed by atoms with Crippen LogP contribution in [0.3, 0.4) is 0 Å². The molecule has 2 atom stereocenters. The maximum absolute atomic E-state index is 11.6. The smallest absolute Gasteiger partial charge is 0.370 e. The standard InChI is InChI=1S/C9H14F3NO2/c1-6-4-7(6)8(14)13-2-3-15-5-9(10,11)12/h6-7H,2-5H2,1H3,(H,13,14). The summed E-state index contributed by atoms with van der Waals surface area (Å²) in [6.45, 7) is 0.734. The highest BCUT2D eigenvalue weighted by Crippen LogP contribution is 2.37. The molecule has 1 saturated carbocycles. The van der Waals surface area contributed by atoms with Gasteiger partial charge in [-0.1, -0.05) is 6.92 Å². The Morgan fingerprint density at radius 2 is 2.13 bits per heavy atom. The highest BCUT2D eigenvalue weighted by atomic mass is 19.4. The van der Waals surface area contributed by atoms with Gasteiger partial charge in [0.25, 0.3) is 0 Å². The zero-order valence-electron chi connectivity index (χ0n) is 8.43. The number of nitrogens with one attached hydrogen (secondary N) is 1. The first kappa shape index (κ1) is 12.3. The molecule has 0 aliphatic heterocycles. The Morgan fingerprint density at radius 1 is 1.53 bits per heavy atom. The minimum Gasteiger partial charge on any atom is -0.370 e. The van der Waals surface area contributed by atoms with Crippen LogP contribution in [0.2, 0.25) is 0 Å². The Kier molecular flexibility index (Phi) is 3.96. The van der Waals surface area contributed by atoms with Gasteiger partial charge in [-0.3, -0.25) is 4.79 Å². The van der Waals surface area contributed by atoms with Crippen molar-refractivity contribution in [2.45, 2.75) is 19.5 Å². The summed E-state index contributed by atoms with van der Waals surface area (Å²) in [4.78, 5) is 11.2. The number of amides is 1. The highest BCUT2D eigenvalue weighted by molar-refractivity contribution is 5.81. The van der Waals surface area contributed by atoms with Gasteiger partial charge in [0.15, 0.2) is 0 Å². The van der Waals surface area contributed by atoms with E-state index in [1.165, 1.54) is 0 Å². The van der Waals surface area contributed by atoms with E-state index in [4.69, 9.17) is 0 Å². The van der Waals surface area contributed by atoms with Gasteiger partial charge >= 0.3 is 6.18 Å². The van der Waals surface area contributed by atoms with E-state index in [-0.39, 0.29) is 25.0 Å². The Labute approximate surface area is 86.0 Å². The first-order valence-electron chi connectivity index (χ1n) is 4.82. The van der Waals surface area contributed by atoms with Crippen LogP contribution >= 0.6 is 0 Å². The summed E-state index contributed by atoms with van der Waals surface area (Å²) in [7, 11) is 0. The second-order valence-electron chi connectivity index (χ2n) is 3.78. The van der Waals surface area contributed by atoms with Crippen molar-refractivity contribution in [1.82, 2.24) is 5.32 Å². The third kappa shape index (κ3) is 5.01. The molecule has 0 aromatic carbocycles. The molecule has 15 heavy (non-hydrogen) atoms. The summed E-state index contributed by atoms with van der Waals surface area (Å²) in [5.41, 5.74) is 0. The number of alkyl halides is 3. The lowest BCUT2D eigenvalue weighted by atomic mass is 10.3. The van der Waals surface area contributed by atoms with E-state index in [2.05, 4.69) is 10.1 Å². The number of carbonyl (C=O) groups excluding carboxylic acids is 1. The van der Waals surface area contributed by atoms with Gasteiger partial charge in [0.2, 0.25) is 5.91 Å². The van der Waals surface area contributed by atoms with E-state index in [9.17, 15) is 18.0 Å². The number of ether oxygens (including phenoxy) is 1. The molecule has 1 N–H and O–H groups in total. The summed E-state index contributed by atoms with van der Waals surface area (Å²) in [6.07, 6.45) is -3.43. The summed E-state index contributed by atoms with van der Waals surface area (Å²) in [5, 5.41) is 2.53. The van der Waals surface area contributed by atoms with E-state index in [0.717, 1.165) is 6.42 Å². The number of rotatable bonds is 5. The van der Waals surface area contributed by atoms with E-state index < -0.39 is 12.8 Å². The van der Waals surface area contributed by atoms with Gasteiger partial charge in [-0.05, 0) is 12.3 Å².